The fourth-order valence-corrected chi connectivity index (χ4v) is 4.46. The monoisotopic (exact) mass is 365 g/mol. The van der Waals surface area contributed by atoms with Gasteiger partial charge in [-0.05, 0) is 30.4 Å². The molecular weight excluding hydrogens is 338 g/mol. The molecule has 5 heteroatoms. The van der Waals surface area contributed by atoms with Gasteiger partial charge in [-0.1, -0.05) is 55.7 Å². The number of rotatable bonds is 2. The van der Waals surface area contributed by atoms with Crippen molar-refractivity contribution in [3.8, 4) is 0 Å². The number of hydrogen-bond donors (Lipinski definition) is 0. The van der Waals surface area contributed by atoms with Crippen LogP contribution in [0, 0.1) is 0 Å². The molecule has 27 heavy (non-hydrogen) atoms. The summed E-state index contributed by atoms with van der Waals surface area (Å²) in [6.45, 7) is 0.697. The molecule has 0 saturated carbocycles. The van der Waals surface area contributed by atoms with E-state index in [1.165, 1.54) is 29.4 Å². The van der Waals surface area contributed by atoms with Gasteiger partial charge in [0, 0.05) is 26.7 Å². The lowest BCUT2D eigenvalue weighted by molar-refractivity contribution is 0.551. The van der Waals surface area contributed by atoms with Crippen LogP contribution in [0.4, 0.5) is 5.82 Å². The fraction of sp³-hybridized carbons (Fsp3) is 0.455. The van der Waals surface area contributed by atoms with Crippen molar-refractivity contribution >= 4 is 11.4 Å². The number of benzene rings is 1. The third-order valence-corrected chi connectivity index (χ3v) is 5.91. The maximum atomic E-state index is 13.1. The summed E-state index contributed by atoms with van der Waals surface area (Å²) >= 11 is 0. The molecule has 1 atom stereocenters. The van der Waals surface area contributed by atoms with Gasteiger partial charge in [0.15, 0.2) is 0 Å². The van der Waals surface area contributed by atoms with Crippen molar-refractivity contribution < 1.29 is 0 Å². The van der Waals surface area contributed by atoms with Crippen molar-refractivity contribution in [2.45, 2.75) is 51.1 Å². The van der Waals surface area contributed by atoms with Gasteiger partial charge in [-0.25, -0.2) is 4.79 Å². The first-order valence-corrected chi connectivity index (χ1v) is 9.89. The predicted octanol–water partition coefficient (Wildman–Crippen LogP) is 3.21. The van der Waals surface area contributed by atoms with Gasteiger partial charge >= 0.3 is 5.69 Å². The highest BCUT2D eigenvalue weighted by molar-refractivity contribution is 5.78. The molecule has 1 aliphatic carbocycles. The van der Waals surface area contributed by atoms with Gasteiger partial charge in [0.25, 0.3) is 5.56 Å². The van der Waals surface area contributed by atoms with Crippen LogP contribution in [0.2, 0.25) is 0 Å². The summed E-state index contributed by atoms with van der Waals surface area (Å²) in [7, 11) is 3.37. The Morgan fingerprint density at radius 1 is 0.963 bits per heavy atom. The maximum absolute atomic E-state index is 13.1. The molecule has 0 spiro atoms. The van der Waals surface area contributed by atoms with E-state index >= 15 is 0 Å². The largest absolute Gasteiger partial charge is 0.346 e. The Bertz CT molecular complexity index is 985. The van der Waals surface area contributed by atoms with Gasteiger partial charge < -0.3 is 4.90 Å². The average Bonchev–Trinajstić information content (AvgIpc) is 2.78. The minimum Gasteiger partial charge on any atom is -0.346 e. The normalized spacial score (nSPS) is 19.6. The van der Waals surface area contributed by atoms with Gasteiger partial charge in [0.05, 0.1) is 5.56 Å². The summed E-state index contributed by atoms with van der Waals surface area (Å²) in [5.41, 5.74) is 2.60. The minimum atomic E-state index is -0.258. The molecule has 0 fully saturated rings. The lowest BCUT2D eigenvalue weighted by Gasteiger charge is -2.38. The van der Waals surface area contributed by atoms with Gasteiger partial charge in [0.2, 0.25) is 0 Å². The van der Waals surface area contributed by atoms with Gasteiger partial charge in [-0.2, -0.15) is 0 Å². The molecule has 1 aliphatic heterocycles. The summed E-state index contributed by atoms with van der Waals surface area (Å²) < 4.78 is 2.91. The van der Waals surface area contributed by atoms with Crippen molar-refractivity contribution in [3.05, 3.63) is 68.4 Å². The highest BCUT2D eigenvalue weighted by atomic mass is 16.2. The quantitative estimate of drug-likeness (QED) is 0.821. The number of nitrogens with zero attached hydrogens (tertiary/aromatic N) is 3. The van der Waals surface area contributed by atoms with E-state index in [0.29, 0.717) is 12.1 Å². The molecule has 2 aromatic rings. The van der Waals surface area contributed by atoms with E-state index in [-0.39, 0.29) is 17.3 Å². The predicted molar refractivity (Wildman–Crippen MR) is 109 cm³/mol. The van der Waals surface area contributed by atoms with E-state index in [4.69, 9.17) is 0 Å². The zero-order valence-electron chi connectivity index (χ0n) is 16.1. The van der Waals surface area contributed by atoms with Gasteiger partial charge in [0.1, 0.15) is 5.82 Å². The van der Waals surface area contributed by atoms with Gasteiger partial charge in [-0.15, -0.1) is 0 Å². The van der Waals surface area contributed by atoms with Crippen LogP contribution < -0.4 is 16.1 Å². The molecule has 1 unspecified atom stereocenters. The van der Waals surface area contributed by atoms with Crippen molar-refractivity contribution in [1.82, 2.24) is 9.13 Å². The van der Waals surface area contributed by atoms with Crippen LogP contribution in [0.3, 0.4) is 0 Å². The molecule has 2 aliphatic rings. The van der Waals surface area contributed by atoms with Crippen LogP contribution in [0.5, 0.6) is 0 Å². The molecule has 0 saturated heterocycles. The van der Waals surface area contributed by atoms with Crippen molar-refractivity contribution in [3.63, 3.8) is 0 Å². The zero-order chi connectivity index (χ0) is 19.0. The first kappa shape index (κ1) is 17.8. The molecule has 2 bridgehead atoms. The Balaban J connectivity index is 1.92. The van der Waals surface area contributed by atoms with Crippen LogP contribution in [0.25, 0.3) is 5.57 Å². The Morgan fingerprint density at radius 3 is 2.48 bits per heavy atom. The molecule has 2 heterocycles. The molecular formula is C22H27N3O2. The lowest BCUT2D eigenvalue weighted by atomic mass is 9.93. The topological polar surface area (TPSA) is 47.2 Å². The molecule has 1 aromatic carbocycles. The number of hydrogen-bond acceptors (Lipinski definition) is 3. The Morgan fingerprint density at radius 2 is 1.70 bits per heavy atom. The van der Waals surface area contributed by atoms with Crippen LogP contribution in [0.15, 0.2) is 46.0 Å². The molecule has 0 radical (unpaired) electrons. The lowest BCUT2D eigenvalue weighted by Crippen LogP contribution is -2.47. The standard InChI is InChI=1S/C22H27N3O2/c1-23-20-19(21(26)24(2)22(23)27)17-12-8-3-4-9-13-18(14-17)25(20)15-16-10-6-5-7-11-16/h5-7,10-11,14,18H,3-4,8-9,12-13,15H2,1-2H3. The van der Waals surface area contributed by atoms with E-state index in [1.807, 2.05) is 18.2 Å². The van der Waals surface area contributed by atoms with Crippen LogP contribution in [-0.4, -0.2) is 15.2 Å². The highest BCUT2D eigenvalue weighted by Gasteiger charge is 2.32. The molecule has 0 N–H and O–H groups in total. The second kappa shape index (κ2) is 7.22. The van der Waals surface area contributed by atoms with E-state index in [1.54, 1.807) is 18.7 Å². The van der Waals surface area contributed by atoms with Crippen LogP contribution in [-0.2, 0) is 20.6 Å². The number of allylic oxidation sites excluding steroid dienone is 1. The number of aromatic nitrogens is 2. The summed E-state index contributed by atoms with van der Waals surface area (Å²) in [5.74, 6) is 0.788. The molecule has 142 valence electrons. The SMILES string of the molecule is Cn1c2c(c(=O)n(C)c1=O)C1=CC(CCCCCC1)N2Cc1ccccc1. The van der Waals surface area contributed by atoms with E-state index in [9.17, 15) is 9.59 Å². The number of anilines is 1. The second-order valence-corrected chi connectivity index (χ2v) is 7.73. The first-order chi connectivity index (χ1) is 13.1. The summed E-state index contributed by atoms with van der Waals surface area (Å²) in [6.07, 6.45) is 8.96. The minimum absolute atomic E-state index is 0.171. The smallest absolute Gasteiger partial charge is 0.332 e. The van der Waals surface area contributed by atoms with E-state index in [2.05, 4.69) is 23.1 Å². The molecule has 5 nitrogen and oxygen atoms in total. The molecule has 0 amide bonds. The maximum Gasteiger partial charge on any atom is 0.332 e. The zero-order valence-corrected chi connectivity index (χ0v) is 16.1. The number of fused-ring (bicyclic) bond motifs is 3. The Hall–Kier alpha value is -2.56. The fourth-order valence-electron chi connectivity index (χ4n) is 4.46. The molecule has 4 rings (SSSR count). The van der Waals surface area contributed by atoms with Crippen molar-refractivity contribution in [2.75, 3.05) is 4.90 Å². The summed E-state index contributed by atoms with van der Waals surface area (Å²) in [6, 6.07) is 10.5. The summed E-state index contributed by atoms with van der Waals surface area (Å²) in [5, 5.41) is 0. The van der Waals surface area contributed by atoms with Crippen LogP contribution >= 0.6 is 0 Å². The third kappa shape index (κ3) is 3.15. The van der Waals surface area contributed by atoms with Crippen LogP contribution in [0.1, 0.15) is 49.7 Å². The average molecular weight is 365 g/mol. The van der Waals surface area contributed by atoms with Crippen molar-refractivity contribution in [2.24, 2.45) is 14.1 Å². The molecule has 1 aromatic heterocycles. The Labute approximate surface area is 159 Å². The second-order valence-electron chi connectivity index (χ2n) is 7.73. The van der Waals surface area contributed by atoms with Crippen molar-refractivity contribution in [1.29, 1.82) is 0 Å². The summed E-state index contributed by atoms with van der Waals surface area (Å²) in [4.78, 5) is 28.0. The third-order valence-electron chi connectivity index (χ3n) is 5.91. The Kier molecular flexibility index (Phi) is 4.77. The first-order valence-electron chi connectivity index (χ1n) is 9.89. The van der Waals surface area contributed by atoms with E-state index in [0.717, 1.165) is 30.7 Å². The highest BCUT2D eigenvalue weighted by Crippen LogP contribution is 2.37. The van der Waals surface area contributed by atoms with E-state index < -0.39 is 0 Å². The van der Waals surface area contributed by atoms with Gasteiger partial charge in [-0.3, -0.25) is 13.9 Å².